The molecular formula is C17H19FN2O. The molecule has 4 heteroatoms. The van der Waals surface area contributed by atoms with E-state index < -0.39 is 0 Å². The molecule has 110 valence electrons. The van der Waals surface area contributed by atoms with E-state index in [0.29, 0.717) is 18.7 Å². The minimum absolute atomic E-state index is 0.119. The van der Waals surface area contributed by atoms with Crippen LogP contribution in [0.25, 0.3) is 0 Å². The highest BCUT2D eigenvalue weighted by Crippen LogP contribution is 2.06. The Morgan fingerprint density at radius 3 is 2.43 bits per heavy atom. The van der Waals surface area contributed by atoms with Gasteiger partial charge in [-0.1, -0.05) is 36.4 Å². The molecule has 0 aliphatic rings. The number of carbonyl (C=O) groups is 1. The average molecular weight is 286 g/mol. The molecule has 0 heterocycles. The number of nitrogens with two attached hydrogens (primary N) is 1. The second kappa shape index (κ2) is 7.55. The van der Waals surface area contributed by atoms with Crippen LogP contribution in [-0.4, -0.2) is 12.5 Å². The molecule has 0 saturated carbocycles. The lowest BCUT2D eigenvalue weighted by atomic mass is 10.1. The third kappa shape index (κ3) is 5.00. The van der Waals surface area contributed by atoms with Gasteiger partial charge in [0.15, 0.2) is 0 Å². The van der Waals surface area contributed by atoms with E-state index in [-0.39, 0.29) is 18.1 Å². The molecular weight excluding hydrogens is 267 g/mol. The average Bonchev–Trinajstić information content (AvgIpc) is 2.47. The smallest absolute Gasteiger partial charge is 0.224 e. The fraction of sp³-hybridized carbons (Fsp3) is 0.235. The molecule has 0 spiro atoms. The maximum atomic E-state index is 13.0. The van der Waals surface area contributed by atoms with Crippen LogP contribution in [0.4, 0.5) is 4.39 Å². The van der Waals surface area contributed by atoms with Gasteiger partial charge in [-0.25, -0.2) is 4.39 Å². The molecule has 0 bridgehead atoms. The Bertz CT molecular complexity index is 596. The van der Waals surface area contributed by atoms with Gasteiger partial charge in [0.2, 0.25) is 5.91 Å². The largest absolute Gasteiger partial charge is 0.352 e. The van der Waals surface area contributed by atoms with Crippen LogP contribution in [0, 0.1) is 5.82 Å². The highest BCUT2D eigenvalue weighted by Gasteiger charge is 2.04. The lowest BCUT2D eigenvalue weighted by molar-refractivity contribution is -0.120. The van der Waals surface area contributed by atoms with E-state index in [1.165, 1.54) is 17.7 Å². The van der Waals surface area contributed by atoms with Crippen molar-refractivity contribution in [3.05, 3.63) is 71.0 Å². The minimum Gasteiger partial charge on any atom is -0.352 e. The SMILES string of the molecule is NCCc1ccc(CNC(=O)Cc2cccc(F)c2)cc1. The molecule has 21 heavy (non-hydrogen) atoms. The minimum atomic E-state index is -0.323. The van der Waals surface area contributed by atoms with Crippen molar-refractivity contribution in [2.45, 2.75) is 19.4 Å². The molecule has 0 radical (unpaired) electrons. The van der Waals surface area contributed by atoms with Crippen molar-refractivity contribution in [1.29, 1.82) is 0 Å². The van der Waals surface area contributed by atoms with Crippen LogP contribution in [0.3, 0.4) is 0 Å². The summed E-state index contributed by atoms with van der Waals surface area (Å²) in [7, 11) is 0. The maximum Gasteiger partial charge on any atom is 0.224 e. The maximum absolute atomic E-state index is 13.0. The molecule has 0 saturated heterocycles. The zero-order valence-electron chi connectivity index (χ0n) is 11.8. The van der Waals surface area contributed by atoms with Crippen LogP contribution in [0.5, 0.6) is 0 Å². The standard InChI is InChI=1S/C17H19FN2O/c18-16-3-1-2-15(10-16)11-17(21)20-12-14-6-4-13(5-7-14)8-9-19/h1-7,10H,8-9,11-12,19H2,(H,20,21). The Morgan fingerprint density at radius 1 is 1.05 bits per heavy atom. The molecule has 0 fully saturated rings. The molecule has 2 rings (SSSR count). The number of hydrogen-bond donors (Lipinski definition) is 2. The highest BCUT2D eigenvalue weighted by molar-refractivity contribution is 5.78. The normalized spacial score (nSPS) is 10.4. The second-order valence-electron chi connectivity index (χ2n) is 4.94. The van der Waals surface area contributed by atoms with E-state index >= 15 is 0 Å². The summed E-state index contributed by atoms with van der Waals surface area (Å²) in [4.78, 5) is 11.8. The van der Waals surface area contributed by atoms with Crippen molar-refractivity contribution in [2.24, 2.45) is 5.73 Å². The van der Waals surface area contributed by atoms with Gasteiger partial charge in [0, 0.05) is 6.54 Å². The molecule has 2 aromatic carbocycles. The van der Waals surface area contributed by atoms with Gasteiger partial charge in [-0.2, -0.15) is 0 Å². The summed E-state index contributed by atoms with van der Waals surface area (Å²) in [6, 6.07) is 14.1. The molecule has 0 aromatic heterocycles. The molecule has 2 aromatic rings. The molecule has 3 nitrogen and oxygen atoms in total. The van der Waals surface area contributed by atoms with Crippen molar-refractivity contribution < 1.29 is 9.18 Å². The van der Waals surface area contributed by atoms with Gasteiger partial charge in [0.05, 0.1) is 6.42 Å². The summed E-state index contributed by atoms with van der Waals surface area (Å²) in [5, 5.41) is 2.83. The fourth-order valence-corrected chi connectivity index (χ4v) is 2.09. The van der Waals surface area contributed by atoms with Crippen LogP contribution in [0.15, 0.2) is 48.5 Å². The topological polar surface area (TPSA) is 55.1 Å². The monoisotopic (exact) mass is 286 g/mol. The van der Waals surface area contributed by atoms with Gasteiger partial charge in [0.25, 0.3) is 0 Å². The van der Waals surface area contributed by atoms with Crippen molar-refractivity contribution in [2.75, 3.05) is 6.54 Å². The lowest BCUT2D eigenvalue weighted by Gasteiger charge is -2.07. The Labute approximate surface area is 124 Å². The van der Waals surface area contributed by atoms with Crippen molar-refractivity contribution in [3.63, 3.8) is 0 Å². The van der Waals surface area contributed by atoms with Crippen molar-refractivity contribution in [3.8, 4) is 0 Å². The summed E-state index contributed by atoms with van der Waals surface area (Å²) in [5.41, 5.74) is 8.39. The van der Waals surface area contributed by atoms with Crippen molar-refractivity contribution >= 4 is 5.91 Å². The van der Waals surface area contributed by atoms with E-state index in [4.69, 9.17) is 5.73 Å². The molecule has 0 unspecified atom stereocenters. The number of hydrogen-bond acceptors (Lipinski definition) is 2. The zero-order valence-corrected chi connectivity index (χ0v) is 11.8. The Morgan fingerprint density at radius 2 is 1.76 bits per heavy atom. The number of amides is 1. The molecule has 0 atom stereocenters. The van der Waals surface area contributed by atoms with E-state index in [1.54, 1.807) is 12.1 Å². The Balaban J connectivity index is 1.83. The van der Waals surface area contributed by atoms with Gasteiger partial charge in [-0.05, 0) is 41.8 Å². The Hall–Kier alpha value is -2.20. The summed E-state index contributed by atoms with van der Waals surface area (Å²) >= 11 is 0. The lowest BCUT2D eigenvalue weighted by Crippen LogP contribution is -2.24. The van der Waals surface area contributed by atoms with Crippen LogP contribution in [0.1, 0.15) is 16.7 Å². The van der Waals surface area contributed by atoms with Crippen LogP contribution in [0.2, 0.25) is 0 Å². The summed E-state index contributed by atoms with van der Waals surface area (Å²) in [6.45, 7) is 1.10. The van der Waals surface area contributed by atoms with Crippen LogP contribution >= 0.6 is 0 Å². The first-order chi connectivity index (χ1) is 10.2. The number of halogens is 1. The van der Waals surface area contributed by atoms with E-state index in [1.807, 2.05) is 24.3 Å². The first-order valence-electron chi connectivity index (χ1n) is 6.96. The number of nitrogens with one attached hydrogen (secondary N) is 1. The third-order valence-corrected chi connectivity index (χ3v) is 3.20. The number of benzene rings is 2. The van der Waals surface area contributed by atoms with E-state index in [0.717, 1.165) is 12.0 Å². The van der Waals surface area contributed by atoms with Gasteiger partial charge < -0.3 is 11.1 Å². The van der Waals surface area contributed by atoms with E-state index in [2.05, 4.69) is 5.32 Å². The molecule has 1 amide bonds. The third-order valence-electron chi connectivity index (χ3n) is 3.20. The zero-order chi connectivity index (χ0) is 15.1. The number of rotatable bonds is 6. The highest BCUT2D eigenvalue weighted by atomic mass is 19.1. The van der Waals surface area contributed by atoms with Crippen molar-refractivity contribution in [1.82, 2.24) is 5.32 Å². The molecule has 0 aliphatic heterocycles. The predicted molar refractivity (Wildman–Crippen MR) is 81.2 cm³/mol. The molecule has 3 N–H and O–H groups in total. The first-order valence-corrected chi connectivity index (χ1v) is 6.96. The van der Waals surface area contributed by atoms with Crippen LogP contribution < -0.4 is 11.1 Å². The Kier molecular flexibility index (Phi) is 5.46. The number of carbonyl (C=O) groups excluding carboxylic acids is 1. The summed E-state index contributed by atoms with van der Waals surface area (Å²) in [5.74, 6) is -0.442. The van der Waals surface area contributed by atoms with Gasteiger partial charge in [-0.15, -0.1) is 0 Å². The van der Waals surface area contributed by atoms with E-state index in [9.17, 15) is 9.18 Å². The second-order valence-corrected chi connectivity index (χ2v) is 4.94. The van der Waals surface area contributed by atoms with Gasteiger partial charge in [-0.3, -0.25) is 4.79 Å². The fourth-order valence-electron chi connectivity index (χ4n) is 2.09. The first kappa shape index (κ1) is 15.2. The molecule has 0 aliphatic carbocycles. The summed E-state index contributed by atoms with van der Waals surface area (Å²) in [6.07, 6.45) is 1.04. The van der Waals surface area contributed by atoms with Gasteiger partial charge in [0.1, 0.15) is 5.82 Å². The predicted octanol–water partition coefficient (Wildman–Crippen LogP) is 2.19. The summed E-state index contributed by atoms with van der Waals surface area (Å²) < 4.78 is 13.0. The van der Waals surface area contributed by atoms with Crippen LogP contribution in [-0.2, 0) is 24.2 Å². The quantitative estimate of drug-likeness (QED) is 0.855. The van der Waals surface area contributed by atoms with Gasteiger partial charge >= 0.3 is 0 Å².